The number of carbonyl (C=O) groups excluding carboxylic acids is 1. The first-order valence-electron chi connectivity index (χ1n) is 11.0. The van der Waals surface area contributed by atoms with Crippen molar-refractivity contribution >= 4 is 40.1 Å². The third-order valence-electron chi connectivity index (χ3n) is 6.64. The zero-order valence-corrected chi connectivity index (χ0v) is 20.9. The Balaban J connectivity index is 1.43. The minimum Gasteiger partial charge on any atom is -0.293 e. The monoisotopic (exact) mass is 589 g/mol. The van der Waals surface area contributed by atoms with E-state index in [2.05, 4.69) is 10.1 Å². The molecule has 1 saturated carbocycles. The van der Waals surface area contributed by atoms with Crippen LogP contribution in [0.5, 0.6) is 0 Å². The Morgan fingerprint density at radius 1 is 1.09 bits per heavy atom. The Kier molecular flexibility index (Phi) is 4.73. The van der Waals surface area contributed by atoms with Gasteiger partial charge in [0.1, 0.15) is 22.7 Å². The van der Waals surface area contributed by atoms with Crippen LogP contribution >= 0.6 is 22.6 Å². The summed E-state index contributed by atoms with van der Waals surface area (Å²) in [7, 11) is 1.82. The molecular formula is C25H19F3IN5O. The molecule has 3 heterocycles. The van der Waals surface area contributed by atoms with E-state index in [4.69, 9.17) is 0 Å². The molecule has 1 aliphatic heterocycles. The lowest BCUT2D eigenvalue weighted by molar-refractivity contribution is -0.120. The number of fused-ring (bicyclic) bond motifs is 2. The average Bonchev–Trinajstić information content (AvgIpc) is 3.20. The number of benzene rings is 2. The molecule has 6 nitrogen and oxygen atoms in total. The molecule has 1 amide bonds. The zero-order valence-electron chi connectivity index (χ0n) is 18.8. The molecule has 0 saturated heterocycles. The molecule has 10 heteroatoms. The Bertz CT molecular complexity index is 1480. The van der Waals surface area contributed by atoms with Gasteiger partial charge < -0.3 is 0 Å². The fourth-order valence-electron chi connectivity index (χ4n) is 4.71. The highest BCUT2D eigenvalue weighted by molar-refractivity contribution is 14.1. The van der Waals surface area contributed by atoms with Crippen LogP contribution in [0.1, 0.15) is 25.3 Å². The highest BCUT2D eigenvalue weighted by Crippen LogP contribution is 2.56. The summed E-state index contributed by atoms with van der Waals surface area (Å²) in [4.78, 5) is 19.4. The smallest absolute Gasteiger partial charge is 0.270 e. The summed E-state index contributed by atoms with van der Waals surface area (Å²) in [6, 6.07) is 10.7. The fourth-order valence-corrected chi connectivity index (χ4v) is 5.54. The van der Waals surface area contributed by atoms with Gasteiger partial charge in [0.05, 0.1) is 11.9 Å². The van der Waals surface area contributed by atoms with E-state index in [1.165, 1.54) is 23.1 Å². The number of rotatable bonds is 4. The normalized spacial score (nSPS) is 16.3. The van der Waals surface area contributed by atoms with Crippen molar-refractivity contribution in [3.05, 3.63) is 69.8 Å². The van der Waals surface area contributed by atoms with Gasteiger partial charge in [-0.1, -0.05) is 24.3 Å². The molecular weight excluding hydrogens is 570 g/mol. The molecule has 1 fully saturated rings. The topological polar surface area (TPSA) is 56.0 Å². The maximum absolute atomic E-state index is 15.6. The summed E-state index contributed by atoms with van der Waals surface area (Å²) >= 11 is 2.00. The number of hydrogen-bond donors (Lipinski definition) is 0. The Hall–Kier alpha value is -3.15. The summed E-state index contributed by atoms with van der Waals surface area (Å²) in [5.74, 6) is -3.38. The van der Waals surface area contributed by atoms with Gasteiger partial charge in [-0.2, -0.15) is 5.10 Å². The number of imidazole rings is 1. The lowest BCUT2D eigenvalue weighted by Crippen LogP contribution is -2.31. The molecule has 35 heavy (non-hydrogen) atoms. The Morgan fingerprint density at radius 3 is 2.37 bits per heavy atom. The SMILES string of the molecule is Cn1ccc(-c2cnc3n2C2(CC2)C(=O)N3c2c(F)cc(-c3ccc(C(C)(F)F)cc3)cc2I)n1. The molecule has 0 radical (unpaired) electrons. The third-order valence-corrected chi connectivity index (χ3v) is 7.46. The number of aryl methyl sites for hydroxylation is 1. The maximum atomic E-state index is 15.6. The molecule has 0 atom stereocenters. The average molecular weight is 589 g/mol. The lowest BCUT2D eigenvalue weighted by Gasteiger charge is -2.19. The molecule has 0 bridgehead atoms. The number of hydrogen-bond acceptors (Lipinski definition) is 3. The van der Waals surface area contributed by atoms with Gasteiger partial charge in [0.15, 0.2) is 0 Å². The van der Waals surface area contributed by atoms with E-state index in [-0.39, 0.29) is 17.2 Å². The summed E-state index contributed by atoms with van der Waals surface area (Å²) in [5.41, 5.74) is 1.81. The number of alkyl halides is 2. The van der Waals surface area contributed by atoms with Crippen molar-refractivity contribution in [3.8, 4) is 22.5 Å². The molecule has 4 aromatic rings. The van der Waals surface area contributed by atoms with Gasteiger partial charge >= 0.3 is 0 Å². The highest BCUT2D eigenvalue weighted by Gasteiger charge is 2.62. The number of carbonyl (C=O) groups is 1. The van der Waals surface area contributed by atoms with E-state index in [1.54, 1.807) is 29.1 Å². The molecule has 0 N–H and O–H groups in total. The first-order chi connectivity index (χ1) is 16.6. The van der Waals surface area contributed by atoms with Crippen LogP contribution in [0.2, 0.25) is 0 Å². The number of nitrogens with zero attached hydrogens (tertiary/aromatic N) is 5. The van der Waals surface area contributed by atoms with Crippen LogP contribution in [0.4, 0.5) is 24.8 Å². The van der Waals surface area contributed by atoms with Gasteiger partial charge in [0.25, 0.3) is 11.8 Å². The van der Waals surface area contributed by atoms with Crippen molar-refractivity contribution in [3.63, 3.8) is 0 Å². The second-order valence-electron chi connectivity index (χ2n) is 9.08. The molecule has 0 unspecified atom stereocenters. The van der Waals surface area contributed by atoms with Crippen LogP contribution < -0.4 is 4.90 Å². The van der Waals surface area contributed by atoms with Crippen LogP contribution in [0.25, 0.3) is 22.5 Å². The molecule has 2 aromatic carbocycles. The van der Waals surface area contributed by atoms with Crippen LogP contribution in [-0.2, 0) is 23.3 Å². The number of anilines is 2. The number of halogens is 4. The Morgan fingerprint density at radius 2 is 1.80 bits per heavy atom. The van der Waals surface area contributed by atoms with Gasteiger partial charge in [-0.05, 0) is 64.8 Å². The molecule has 2 aliphatic rings. The summed E-state index contributed by atoms with van der Waals surface area (Å²) in [5, 5.41) is 4.45. The van der Waals surface area contributed by atoms with Gasteiger partial charge in [-0.15, -0.1) is 0 Å². The zero-order chi connectivity index (χ0) is 24.7. The summed E-state index contributed by atoms with van der Waals surface area (Å²) < 4.78 is 46.8. The van der Waals surface area contributed by atoms with E-state index < -0.39 is 17.3 Å². The van der Waals surface area contributed by atoms with Crippen LogP contribution in [0.15, 0.2) is 54.9 Å². The van der Waals surface area contributed by atoms with E-state index in [1.807, 2.05) is 46.5 Å². The van der Waals surface area contributed by atoms with Gasteiger partial charge in [-0.25, -0.2) is 23.1 Å². The van der Waals surface area contributed by atoms with Gasteiger partial charge in [-0.3, -0.25) is 14.0 Å². The molecule has 2 aromatic heterocycles. The molecule has 178 valence electrons. The number of aromatic nitrogens is 4. The van der Waals surface area contributed by atoms with E-state index >= 15 is 4.39 Å². The minimum atomic E-state index is -2.95. The first-order valence-corrected chi connectivity index (χ1v) is 12.1. The standard InChI is InChI=1S/C25H19F3IN5O/c1-24(27,28)16-5-3-14(4-6-16)15-11-17(26)21(18(29)12-15)33-22(35)25(8-9-25)34-20(13-30-23(33)34)19-7-10-32(2)31-19/h3-7,10-13H,8-9H2,1-2H3. The van der Waals surface area contributed by atoms with Crippen LogP contribution in [0.3, 0.4) is 0 Å². The second-order valence-corrected chi connectivity index (χ2v) is 10.2. The van der Waals surface area contributed by atoms with Crippen LogP contribution in [0, 0.1) is 9.39 Å². The van der Waals surface area contributed by atoms with Crippen molar-refractivity contribution in [2.24, 2.45) is 7.05 Å². The molecule has 1 aliphatic carbocycles. The van der Waals surface area contributed by atoms with Crippen LogP contribution in [-0.4, -0.2) is 25.2 Å². The van der Waals surface area contributed by atoms with Crippen molar-refractivity contribution in [2.75, 3.05) is 4.90 Å². The predicted octanol–water partition coefficient (Wildman–Crippen LogP) is 5.97. The third kappa shape index (κ3) is 3.33. The van der Waals surface area contributed by atoms with Crippen molar-refractivity contribution < 1.29 is 18.0 Å². The predicted molar refractivity (Wildman–Crippen MR) is 133 cm³/mol. The second kappa shape index (κ2) is 7.42. The maximum Gasteiger partial charge on any atom is 0.270 e. The van der Waals surface area contributed by atoms with E-state index in [0.717, 1.165) is 6.92 Å². The van der Waals surface area contributed by atoms with Gasteiger partial charge in [0, 0.05) is 29.3 Å². The summed E-state index contributed by atoms with van der Waals surface area (Å²) in [6.45, 7) is 0.836. The van der Waals surface area contributed by atoms with Crippen molar-refractivity contribution in [1.82, 2.24) is 19.3 Å². The Labute approximate surface area is 212 Å². The largest absolute Gasteiger partial charge is 0.293 e. The first kappa shape index (κ1) is 22.3. The van der Waals surface area contributed by atoms with Crippen molar-refractivity contribution in [2.45, 2.75) is 31.2 Å². The molecule has 6 rings (SSSR count). The molecule has 1 spiro atoms. The quantitative estimate of drug-likeness (QED) is 0.276. The number of amides is 1. The highest BCUT2D eigenvalue weighted by atomic mass is 127. The minimum absolute atomic E-state index is 0.110. The van der Waals surface area contributed by atoms with Crippen molar-refractivity contribution in [1.29, 1.82) is 0 Å². The van der Waals surface area contributed by atoms with E-state index in [0.29, 0.717) is 44.9 Å². The van der Waals surface area contributed by atoms with Gasteiger partial charge in [0.2, 0.25) is 5.95 Å². The fraction of sp³-hybridized carbons (Fsp3) is 0.240. The summed E-state index contributed by atoms with van der Waals surface area (Å²) in [6.07, 6.45) is 4.78. The van der Waals surface area contributed by atoms with E-state index in [9.17, 15) is 13.6 Å². The lowest BCUT2D eigenvalue weighted by atomic mass is 10.0.